The number of carbonyl (C=O) groups excluding carboxylic acids is 1. The second-order valence-electron chi connectivity index (χ2n) is 4.18. The van der Waals surface area contributed by atoms with Crippen LogP contribution in [0.1, 0.15) is 49.4 Å². The van der Waals surface area contributed by atoms with Crippen molar-refractivity contribution in [1.82, 2.24) is 0 Å². The second kappa shape index (κ2) is 8.39. The van der Waals surface area contributed by atoms with Crippen LogP contribution in [0.5, 0.6) is 5.75 Å². The molecule has 1 rings (SSSR count). The van der Waals surface area contributed by atoms with Gasteiger partial charge in [0.15, 0.2) is 0 Å². The molecule has 0 spiro atoms. The topological polar surface area (TPSA) is 26.3 Å². The normalized spacial score (nSPS) is 10.4. The molecule has 18 heavy (non-hydrogen) atoms. The summed E-state index contributed by atoms with van der Waals surface area (Å²) in [4.78, 5) is 11.0. The molecular formula is C14H18Cl2O2. The van der Waals surface area contributed by atoms with Gasteiger partial charge in [-0.05, 0) is 36.2 Å². The van der Waals surface area contributed by atoms with E-state index in [1.807, 2.05) is 0 Å². The van der Waals surface area contributed by atoms with E-state index in [2.05, 4.69) is 6.92 Å². The van der Waals surface area contributed by atoms with Crippen LogP contribution in [0.25, 0.3) is 0 Å². The van der Waals surface area contributed by atoms with Crippen LogP contribution in [0.3, 0.4) is 0 Å². The largest absolute Gasteiger partial charge is 0.494 e. The molecule has 0 unspecified atom stereocenters. The summed E-state index contributed by atoms with van der Waals surface area (Å²) in [6.07, 6.45) is 5.98. The van der Waals surface area contributed by atoms with E-state index in [4.69, 9.17) is 27.9 Å². The van der Waals surface area contributed by atoms with Crippen LogP contribution in [0, 0.1) is 0 Å². The zero-order valence-corrected chi connectivity index (χ0v) is 12.1. The standard InChI is InChI=1S/C14H18Cl2O2/c1-2-3-4-5-6-9-18-11-7-8-12(14(16)17)13(15)10-11/h7-8,10H,2-6,9H2,1H3. The lowest BCUT2D eigenvalue weighted by Crippen LogP contribution is -1.98. The predicted octanol–water partition coefficient (Wildman–Crippen LogP) is 5.07. The monoisotopic (exact) mass is 288 g/mol. The molecular weight excluding hydrogens is 271 g/mol. The number of rotatable bonds is 8. The lowest BCUT2D eigenvalue weighted by atomic mass is 10.2. The van der Waals surface area contributed by atoms with Gasteiger partial charge in [0.1, 0.15) is 5.75 Å². The Morgan fingerprint density at radius 3 is 2.56 bits per heavy atom. The molecule has 2 nitrogen and oxygen atoms in total. The number of hydrogen-bond donors (Lipinski definition) is 0. The summed E-state index contributed by atoms with van der Waals surface area (Å²) in [7, 11) is 0. The number of ether oxygens (including phenoxy) is 1. The molecule has 0 bridgehead atoms. The average molecular weight is 289 g/mol. The van der Waals surface area contributed by atoms with E-state index in [1.165, 1.54) is 25.7 Å². The lowest BCUT2D eigenvalue weighted by Gasteiger charge is -2.07. The summed E-state index contributed by atoms with van der Waals surface area (Å²) in [6, 6.07) is 4.93. The van der Waals surface area contributed by atoms with E-state index in [9.17, 15) is 4.79 Å². The fourth-order valence-electron chi connectivity index (χ4n) is 1.64. The summed E-state index contributed by atoms with van der Waals surface area (Å²) in [6.45, 7) is 2.87. The second-order valence-corrected chi connectivity index (χ2v) is 4.93. The first-order chi connectivity index (χ1) is 8.65. The molecule has 0 fully saturated rings. The molecule has 0 atom stereocenters. The Morgan fingerprint density at radius 1 is 1.22 bits per heavy atom. The molecule has 0 aromatic heterocycles. The van der Waals surface area contributed by atoms with Crippen molar-refractivity contribution in [1.29, 1.82) is 0 Å². The van der Waals surface area contributed by atoms with E-state index in [-0.39, 0.29) is 0 Å². The van der Waals surface area contributed by atoms with Gasteiger partial charge in [-0.25, -0.2) is 0 Å². The van der Waals surface area contributed by atoms with Gasteiger partial charge in [-0.15, -0.1) is 0 Å². The molecule has 0 N–H and O–H groups in total. The fraction of sp³-hybridized carbons (Fsp3) is 0.500. The van der Waals surface area contributed by atoms with Crippen LogP contribution in [0.15, 0.2) is 18.2 Å². The van der Waals surface area contributed by atoms with E-state index < -0.39 is 5.24 Å². The van der Waals surface area contributed by atoms with E-state index in [1.54, 1.807) is 18.2 Å². The zero-order valence-electron chi connectivity index (χ0n) is 10.5. The first kappa shape index (κ1) is 15.3. The Morgan fingerprint density at radius 2 is 1.94 bits per heavy atom. The van der Waals surface area contributed by atoms with Gasteiger partial charge in [0.25, 0.3) is 5.24 Å². The molecule has 0 aliphatic carbocycles. The Bertz CT molecular complexity index is 391. The van der Waals surface area contributed by atoms with E-state index >= 15 is 0 Å². The van der Waals surface area contributed by atoms with Gasteiger partial charge < -0.3 is 4.74 Å². The van der Waals surface area contributed by atoms with Crippen LogP contribution < -0.4 is 4.74 Å². The lowest BCUT2D eigenvalue weighted by molar-refractivity contribution is 0.108. The quantitative estimate of drug-likeness (QED) is 0.493. The number of hydrogen-bond acceptors (Lipinski definition) is 2. The van der Waals surface area contributed by atoms with Crippen LogP contribution in [0.2, 0.25) is 5.02 Å². The van der Waals surface area contributed by atoms with Crippen molar-refractivity contribution in [2.75, 3.05) is 6.61 Å². The Labute approximate surface area is 118 Å². The van der Waals surface area contributed by atoms with Gasteiger partial charge in [0.2, 0.25) is 0 Å². The van der Waals surface area contributed by atoms with Crippen LogP contribution >= 0.6 is 23.2 Å². The Hall–Kier alpha value is -0.730. The summed E-state index contributed by atoms with van der Waals surface area (Å²) >= 11 is 11.3. The van der Waals surface area contributed by atoms with Gasteiger partial charge in [-0.1, -0.05) is 44.2 Å². The SMILES string of the molecule is CCCCCCCOc1ccc(C(=O)Cl)c(Cl)c1. The summed E-state index contributed by atoms with van der Waals surface area (Å²) in [5.41, 5.74) is 0.314. The highest BCUT2D eigenvalue weighted by Crippen LogP contribution is 2.24. The van der Waals surface area contributed by atoms with Gasteiger partial charge in [0, 0.05) is 0 Å². The summed E-state index contributed by atoms with van der Waals surface area (Å²) < 4.78 is 5.56. The third-order valence-electron chi connectivity index (χ3n) is 2.67. The third kappa shape index (κ3) is 5.28. The van der Waals surface area contributed by atoms with Crippen molar-refractivity contribution >= 4 is 28.4 Å². The first-order valence-electron chi connectivity index (χ1n) is 6.27. The van der Waals surface area contributed by atoms with E-state index in [0.29, 0.717) is 22.9 Å². The maximum Gasteiger partial charge on any atom is 0.253 e. The van der Waals surface area contributed by atoms with Crippen molar-refractivity contribution in [2.45, 2.75) is 39.0 Å². The van der Waals surface area contributed by atoms with Gasteiger partial charge in [0.05, 0.1) is 17.2 Å². The number of unbranched alkanes of at least 4 members (excludes halogenated alkanes) is 4. The molecule has 1 aromatic rings. The molecule has 0 saturated heterocycles. The molecule has 0 aliphatic rings. The molecule has 0 aliphatic heterocycles. The predicted molar refractivity (Wildman–Crippen MR) is 75.9 cm³/mol. The van der Waals surface area contributed by atoms with Crippen molar-refractivity contribution in [3.05, 3.63) is 28.8 Å². The summed E-state index contributed by atoms with van der Waals surface area (Å²) in [5, 5.41) is -0.218. The highest BCUT2D eigenvalue weighted by molar-refractivity contribution is 6.68. The highest BCUT2D eigenvalue weighted by atomic mass is 35.5. The average Bonchev–Trinajstić information content (AvgIpc) is 2.33. The first-order valence-corrected chi connectivity index (χ1v) is 7.03. The smallest absolute Gasteiger partial charge is 0.253 e. The zero-order chi connectivity index (χ0) is 13.4. The third-order valence-corrected chi connectivity index (χ3v) is 3.19. The van der Waals surface area contributed by atoms with E-state index in [0.717, 1.165) is 6.42 Å². The van der Waals surface area contributed by atoms with Crippen LogP contribution in [0.4, 0.5) is 0 Å². The Balaban J connectivity index is 2.35. The maximum absolute atomic E-state index is 11.0. The molecule has 0 heterocycles. The molecule has 0 amide bonds. The fourth-order valence-corrected chi connectivity index (χ4v) is 2.11. The Kier molecular flexibility index (Phi) is 7.14. The minimum Gasteiger partial charge on any atom is -0.494 e. The molecule has 100 valence electrons. The van der Waals surface area contributed by atoms with Crippen molar-refractivity contribution in [2.24, 2.45) is 0 Å². The molecule has 0 saturated carbocycles. The maximum atomic E-state index is 11.0. The number of carbonyl (C=O) groups is 1. The van der Waals surface area contributed by atoms with Crippen molar-refractivity contribution < 1.29 is 9.53 Å². The van der Waals surface area contributed by atoms with Gasteiger partial charge in [-0.3, -0.25) is 4.79 Å². The van der Waals surface area contributed by atoms with Crippen molar-refractivity contribution in [3.8, 4) is 5.75 Å². The highest BCUT2D eigenvalue weighted by Gasteiger charge is 2.08. The van der Waals surface area contributed by atoms with Crippen molar-refractivity contribution in [3.63, 3.8) is 0 Å². The molecule has 4 heteroatoms. The minimum absolute atomic E-state index is 0.314. The minimum atomic E-state index is -0.550. The van der Waals surface area contributed by atoms with Crippen LogP contribution in [-0.4, -0.2) is 11.8 Å². The summed E-state index contributed by atoms with van der Waals surface area (Å²) in [5.74, 6) is 0.678. The number of benzene rings is 1. The molecule has 1 aromatic carbocycles. The van der Waals surface area contributed by atoms with Gasteiger partial charge >= 0.3 is 0 Å². The number of halogens is 2. The van der Waals surface area contributed by atoms with Crippen LogP contribution in [-0.2, 0) is 0 Å². The molecule has 0 radical (unpaired) electrons. The van der Waals surface area contributed by atoms with Gasteiger partial charge in [-0.2, -0.15) is 0 Å².